The van der Waals surface area contributed by atoms with Crippen molar-refractivity contribution in [2.45, 2.75) is 32.9 Å². The highest BCUT2D eigenvalue weighted by Gasteiger charge is 2.13. The molecule has 1 aromatic heterocycles. The van der Waals surface area contributed by atoms with Crippen LogP contribution in [-0.2, 0) is 22.7 Å². The van der Waals surface area contributed by atoms with Crippen molar-refractivity contribution in [2.75, 3.05) is 11.9 Å². The molecule has 0 spiro atoms. The van der Waals surface area contributed by atoms with Gasteiger partial charge in [-0.05, 0) is 30.7 Å². The lowest BCUT2D eigenvalue weighted by Gasteiger charge is -2.08. The van der Waals surface area contributed by atoms with Gasteiger partial charge < -0.3 is 15.8 Å². The van der Waals surface area contributed by atoms with Crippen LogP contribution in [0.4, 0.5) is 5.69 Å². The van der Waals surface area contributed by atoms with E-state index >= 15 is 0 Å². The minimum atomic E-state index is -0.577. The zero-order chi connectivity index (χ0) is 20.8. The largest absolute Gasteiger partial charge is 0.484 e. The van der Waals surface area contributed by atoms with E-state index in [0.717, 1.165) is 17.5 Å². The SMILES string of the molecule is CCCn1c(=O)n(CCC(=O)Nc2cccc(OCC(N)=O)c2)c2ccccc21. The molecule has 8 heteroatoms. The van der Waals surface area contributed by atoms with Crippen molar-refractivity contribution in [1.29, 1.82) is 0 Å². The van der Waals surface area contributed by atoms with E-state index in [1.807, 2.05) is 31.2 Å². The third-order valence-corrected chi connectivity index (χ3v) is 4.43. The summed E-state index contributed by atoms with van der Waals surface area (Å²) in [6.45, 7) is 2.70. The Balaban J connectivity index is 1.69. The van der Waals surface area contributed by atoms with Crippen LogP contribution < -0.4 is 21.5 Å². The van der Waals surface area contributed by atoms with Crippen LogP contribution in [0.5, 0.6) is 5.75 Å². The normalized spacial score (nSPS) is 10.8. The topological polar surface area (TPSA) is 108 Å². The summed E-state index contributed by atoms with van der Waals surface area (Å²) in [5.41, 5.74) is 7.19. The highest BCUT2D eigenvalue weighted by Crippen LogP contribution is 2.18. The molecule has 3 aromatic rings. The first kappa shape index (κ1) is 20.2. The summed E-state index contributed by atoms with van der Waals surface area (Å²) in [5.74, 6) is -0.371. The lowest BCUT2D eigenvalue weighted by molar-refractivity contribution is -0.120. The number of nitrogens with one attached hydrogen (secondary N) is 1. The number of aromatic nitrogens is 2. The summed E-state index contributed by atoms with van der Waals surface area (Å²) in [6.07, 6.45) is 0.995. The molecule has 8 nitrogen and oxygen atoms in total. The molecule has 0 saturated heterocycles. The van der Waals surface area contributed by atoms with Gasteiger partial charge in [-0.2, -0.15) is 0 Å². The predicted octanol–water partition coefficient (Wildman–Crippen LogP) is 2.11. The Morgan fingerprint density at radius 3 is 2.38 bits per heavy atom. The van der Waals surface area contributed by atoms with E-state index in [1.165, 1.54) is 0 Å². The summed E-state index contributed by atoms with van der Waals surface area (Å²) in [5, 5.41) is 2.78. The fraction of sp³-hybridized carbons (Fsp3) is 0.286. The van der Waals surface area contributed by atoms with Gasteiger partial charge in [-0.3, -0.25) is 18.7 Å². The van der Waals surface area contributed by atoms with Crippen molar-refractivity contribution >= 4 is 28.5 Å². The van der Waals surface area contributed by atoms with Gasteiger partial charge in [0.05, 0.1) is 11.0 Å². The molecule has 0 aliphatic carbocycles. The maximum absolute atomic E-state index is 12.8. The molecule has 2 amide bonds. The number of fused-ring (bicyclic) bond motifs is 1. The van der Waals surface area contributed by atoms with Crippen molar-refractivity contribution in [3.05, 3.63) is 59.0 Å². The van der Waals surface area contributed by atoms with Crippen LogP contribution in [-0.4, -0.2) is 27.6 Å². The Labute approximate surface area is 167 Å². The molecule has 3 rings (SSSR count). The van der Waals surface area contributed by atoms with Crippen molar-refractivity contribution in [3.63, 3.8) is 0 Å². The molecular weight excluding hydrogens is 372 g/mol. The summed E-state index contributed by atoms with van der Waals surface area (Å²) >= 11 is 0. The second-order valence-corrected chi connectivity index (χ2v) is 6.66. The molecule has 29 heavy (non-hydrogen) atoms. The van der Waals surface area contributed by atoms with Gasteiger partial charge in [0.25, 0.3) is 5.91 Å². The number of nitrogens with zero attached hydrogens (tertiary/aromatic N) is 2. The highest BCUT2D eigenvalue weighted by molar-refractivity contribution is 5.91. The standard InChI is InChI=1S/C21H24N4O4/c1-2-11-24-17-8-3-4-9-18(17)25(21(24)28)12-10-20(27)23-15-6-5-7-16(13-15)29-14-19(22)26/h3-9,13H,2,10-12,14H2,1H3,(H2,22,26)(H,23,27). The third kappa shape index (κ3) is 4.84. The Bertz CT molecular complexity index is 1080. The molecule has 1 heterocycles. The molecule has 0 aliphatic heterocycles. The van der Waals surface area contributed by atoms with Gasteiger partial charge in [-0.25, -0.2) is 4.79 Å². The number of nitrogens with two attached hydrogens (primary N) is 1. The molecule has 2 aromatic carbocycles. The fourth-order valence-electron chi connectivity index (χ4n) is 3.18. The number of carbonyl (C=O) groups is 2. The van der Waals surface area contributed by atoms with Gasteiger partial charge >= 0.3 is 5.69 Å². The van der Waals surface area contributed by atoms with E-state index in [9.17, 15) is 14.4 Å². The van der Waals surface area contributed by atoms with Gasteiger partial charge in [0.2, 0.25) is 5.91 Å². The number of carbonyl (C=O) groups excluding carboxylic acids is 2. The van der Waals surface area contributed by atoms with Crippen molar-refractivity contribution in [2.24, 2.45) is 5.73 Å². The predicted molar refractivity (Wildman–Crippen MR) is 111 cm³/mol. The van der Waals surface area contributed by atoms with Crippen molar-refractivity contribution in [1.82, 2.24) is 9.13 Å². The van der Waals surface area contributed by atoms with Crippen molar-refractivity contribution < 1.29 is 14.3 Å². The molecule has 0 saturated carbocycles. The number of primary amides is 1. The molecular formula is C21H24N4O4. The van der Waals surface area contributed by atoms with E-state index in [2.05, 4.69) is 5.32 Å². The monoisotopic (exact) mass is 396 g/mol. The van der Waals surface area contributed by atoms with Gasteiger partial charge in [-0.1, -0.05) is 25.1 Å². The summed E-state index contributed by atoms with van der Waals surface area (Å²) < 4.78 is 8.61. The maximum Gasteiger partial charge on any atom is 0.329 e. The van der Waals surface area contributed by atoms with E-state index < -0.39 is 5.91 Å². The number of ether oxygens (including phenoxy) is 1. The number of rotatable bonds is 9. The number of amides is 2. The molecule has 0 bridgehead atoms. The Morgan fingerprint density at radius 1 is 1.03 bits per heavy atom. The van der Waals surface area contributed by atoms with Crippen LogP contribution in [0.1, 0.15) is 19.8 Å². The number of benzene rings is 2. The summed E-state index contributed by atoms with van der Waals surface area (Å²) in [4.78, 5) is 36.0. The van der Waals surface area contributed by atoms with Gasteiger partial charge in [0.1, 0.15) is 5.75 Å². The molecule has 0 aliphatic rings. The molecule has 3 N–H and O–H groups in total. The quantitative estimate of drug-likeness (QED) is 0.577. The number of para-hydroxylation sites is 2. The molecule has 0 fully saturated rings. The van der Waals surface area contributed by atoms with Gasteiger partial charge in [-0.15, -0.1) is 0 Å². The molecule has 152 valence electrons. The average Bonchev–Trinajstić information content (AvgIpc) is 2.97. The van der Waals surface area contributed by atoms with Crippen LogP contribution in [0.3, 0.4) is 0 Å². The lowest BCUT2D eigenvalue weighted by atomic mass is 10.2. The van der Waals surface area contributed by atoms with E-state index in [0.29, 0.717) is 18.0 Å². The Kier molecular flexibility index (Phi) is 6.33. The van der Waals surface area contributed by atoms with E-state index in [1.54, 1.807) is 33.4 Å². The van der Waals surface area contributed by atoms with E-state index in [4.69, 9.17) is 10.5 Å². The number of anilines is 1. The molecule has 0 radical (unpaired) electrons. The van der Waals surface area contributed by atoms with Crippen molar-refractivity contribution in [3.8, 4) is 5.75 Å². The van der Waals surface area contributed by atoms with Crippen LogP contribution in [0, 0.1) is 0 Å². The van der Waals surface area contributed by atoms with Crippen LogP contribution in [0.25, 0.3) is 11.0 Å². The average molecular weight is 396 g/mol. The maximum atomic E-state index is 12.8. The fourth-order valence-corrected chi connectivity index (χ4v) is 3.18. The zero-order valence-electron chi connectivity index (χ0n) is 16.3. The zero-order valence-corrected chi connectivity index (χ0v) is 16.3. The highest BCUT2D eigenvalue weighted by atomic mass is 16.5. The number of imidazole rings is 1. The second kappa shape index (κ2) is 9.09. The summed E-state index contributed by atoms with van der Waals surface area (Å²) in [7, 11) is 0. The molecule has 0 unspecified atom stereocenters. The lowest BCUT2D eigenvalue weighted by Crippen LogP contribution is -2.26. The minimum Gasteiger partial charge on any atom is -0.484 e. The Hall–Kier alpha value is -3.55. The number of hydrogen-bond acceptors (Lipinski definition) is 4. The van der Waals surface area contributed by atoms with Crippen LogP contribution in [0.15, 0.2) is 53.3 Å². The van der Waals surface area contributed by atoms with Crippen LogP contribution >= 0.6 is 0 Å². The second-order valence-electron chi connectivity index (χ2n) is 6.66. The van der Waals surface area contributed by atoms with Gasteiger partial charge in [0, 0.05) is 31.3 Å². The number of aryl methyl sites for hydroxylation is 2. The third-order valence-electron chi connectivity index (χ3n) is 4.43. The summed E-state index contributed by atoms with van der Waals surface area (Å²) in [6, 6.07) is 14.3. The first-order chi connectivity index (χ1) is 14.0. The first-order valence-corrected chi connectivity index (χ1v) is 9.48. The Morgan fingerprint density at radius 2 is 1.72 bits per heavy atom. The first-order valence-electron chi connectivity index (χ1n) is 9.48. The van der Waals surface area contributed by atoms with Gasteiger partial charge in [0.15, 0.2) is 6.61 Å². The minimum absolute atomic E-state index is 0.109. The van der Waals surface area contributed by atoms with E-state index in [-0.39, 0.29) is 31.2 Å². The van der Waals surface area contributed by atoms with Crippen LogP contribution in [0.2, 0.25) is 0 Å². The molecule has 0 atom stereocenters. The number of hydrogen-bond donors (Lipinski definition) is 2. The smallest absolute Gasteiger partial charge is 0.329 e.